The molecule has 2 heterocycles. The number of nitrogens with two attached hydrogens (primary N) is 1. The van der Waals surface area contributed by atoms with Gasteiger partial charge in [-0.15, -0.1) is 0 Å². The Morgan fingerprint density at radius 1 is 1.59 bits per heavy atom. The van der Waals surface area contributed by atoms with Crippen LogP contribution >= 0.6 is 0 Å². The van der Waals surface area contributed by atoms with Crippen molar-refractivity contribution in [3.63, 3.8) is 0 Å². The number of rotatable bonds is 4. The maximum absolute atomic E-state index is 10.6. The number of pyridine rings is 1. The van der Waals surface area contributed by atoms with E-state index >= 15 is 0 Å². The molecule has 2 amide bonds. The highest BCUT2D eigenvalue weighted by Crippen LogP contribution is 2.17. The minimum absolute atomic E-state index is 0.437. The van der Waals surface area contributed by atoms with Gasteiger partial charge >= 0.3 is 6.03 Å². The summed E-state index contributed by atoms with van der Waals surface area (Å²) in [7, 11) is 0. The summed E-state index contributed by atoms with van der Waals surface area (Å²) in [5.74, 6) is 0.506. The van der Waals surface area contributed by atoms with Gasteiger partial charge in [0, 0.05) is 25.8 Å². The van der Waals surface area contributed by atoms with Crippen molar-refractivity contribution in [2.24, 2.45) is 11.7 Å². The molecule has 0 aromatic carbocycles. The number of nitrogens with zero attached hydrogens (tertiary/aromatic N) is 2. The van der Waals surface area contributed by atoms with E-state index in [0.717, 1.165) is 31.7 Å². The molecule has 0 aliphatic carbocycles. The molecule has 1 aromatic heterocycles. The normalized spacial score (nSPS) is 20.4. The molecule has 1 fully saturated rings. The van der Waals surface area contributed by atoms with Crippen molar-refractivity contribution >= 4 is 6.03 Å². The molecular formula is C12H18N4O. The number of likely N-dealkylation sites (tertiary alicyclic amines) is 1. The smallest absolute Gasteiger partial charge is 0.312 e. The maximum Gasteiger partial charge on any atom is 0.312 e. The predicted octanol–water partition coefficient (Wildman–Crippen LogP) is 0.572. The van der Waals surface area contributed by atoms with E-state index in [1.165, 1.54) is 0 Å². The van der Waals surface area contributed by atoms with Crippen LogP contribution in [-0.4, -0.2) is 35.5 Å². The van der Waals surface area contributed by atoms with E-state index in [2.05, 4.69) is 15.2 Å². The molecule has 1 aliphatic heterocycles. The van der Waals surface area contributed by atoms with Crippen LogP contribution in [0.1, 0.15) is 12.1 Å². The van der Waals surface area contributed by atoms with Crippen molar-refractivity contribution in [1.29, 1.82) is 0 Å². The molecular weight excluding hydrogens is 216 g/mol. The molecule has 92 valence electrons. The molecule has 2 rings (SSSR count). The average Bonchev–Trinajstić information content (AvgIpc) is 2.75. The maximum atomic E-state index is 10.6. The fourth-order valence-corrected chi connectivity index (χ4v) is 2.19. The van der Waals surface area contributed by atoms with E-state index in [0.29, 0.717) is 12.5 Å². The topological polar surface area (TPSA) is 71.2 Å². The molecule has 1 aliphatic rings. The Hall–Kier alpha value is -1.62. The fraction of sp³-hybridized carbons (Fsp3) is 0.500. The second kappa shape index (κ2) is 5.63. The lowest BCUT2D eigenvalue weighted by atomic mass is 10.1. The fourth-order valence-electron chi connectivity index (χ4n) is 2.19. The standard InChI is InChI=1S/C12H18N4O/c13-12(17)15-7-10-4-6-16(8-10)9-11-3-1-2-5-14-11/h1-3,5,10H,4,6-9H2,(H3,13,15,17). The van der Waals surface area contributed by atoms with Crippen LogP contribution in [0, 0.1) is 5.92 Å². The summed E-state index contributed by atoms with van der Waals surface area (Å²) in [4.78, 5) is 17.3. The number of hydrogen-bond acceptors (Lipinski definition) is 3. The molecule has 1 aromatic rings. The Kier molecular flexibility index (Phi) is 3.93. The molecule has 0 bridgehead atoms. The van der Waals surface area contributed by atoms with Gasteiger partial charge in [-0.05, 0) is 31.0 Å². The van der Waals surface area contributed by atoms with Crippen LogP contribution in [0.2, 0.25) is 0 Å². The van der Waals surface area contributed by atoms with Crippen LogP contribution in [-0.2, 0) is 6.54 Å². The van der Waals surface area contributed by atoms with Crippen molar-refractivity contribution in [2.75, 3.05) is 19.6 Å². The van der Waals surface area contributed by atoms with E-state index < -0.39 is 6.03 Å². The van der Waals surface area contributed by atoms with E-state index in [1.54, 1.807) is 0 Å². The van der Waals surface area contributed by atoms with Crippen molar-refractivity contribution < 1.29 is 4.79 Å². The Morgan fingerprint density at radius 2 is 2.47 bits per heavy atom. The summed E-state index contributed by atoms with van der Waals surface area (Å²) in [6.07, 6.45) is 2.92. The number of nitrogens with one attached hydrogen (secondary N) is 1. The first kappa shape index (κ1) is 11.9. The van der Waals surface area contributed by atoms with Crippen LogP contribution in [0.25, 0.3) is 0 Å². The second-order valence-corrected chi connectivity index (χ2v) is 4.46. The molecule has 0 spiro atoms. The molecule has 0 radical (unpaired) electrons. The van der Waals surface area contributed by atoms with E-state index in [4.69, 9.17) is 5.73 Å². The molecule has 1 unspecified atom stereocenters. The zero-order valence-electron chi connectivity index (χ0n) is 9.80. The van der Waals surface area contributed by atoms with Crippen molar-refractivity contribution in [3.05, 3.63) is 30.1 Å². The monoisotopic (exact) mass is 234 g/mol. The molecule has 17 heavy (non-hydrogen) atoms. The largest absolute Gasteiger partial charge is 0.352 e. The van der Waals surface area contributed by atoms with E-state index in [1.807, 2.05) is 24.4 Å². The van der Waals surface area contributed by atoms with Crippen LogP contribution in [0.5, 0.6) is 0 Å². The summed E-state index contributed by atoms with van der Waals surface area (Å²) in [6.45, 7) is 3.61. The Bertz CT molecular complexity index is 368. The number of amides is 2. The van der Waals surface area contributed by atoms with Gasteiger partial charge in [-0.2, -0.15) is 0 Å². The van der Waals surface area contributed by atoms with E-state index in [-0.39, 0.29) is 0 Å². The first-order valence-corrected chi connectivity index (χ1v) is 5.89. The number of hydrogen-bond donors (Lipinski definition) is 2. The van der Waals surface area contributed by atoms with Crippen LogP contribution in [0.4, 0.5) is 4.79 Å². The molecule has 1 atom stereocenters. The number of carbonyl (C=O) groups is 1. The van der Waals surface area contributed by atoms with Gasteiger partial charge in [-0.1, -0.05) is 6.07 Å². The lowest BCUT2D eigenvalue weighted by Gasteiger charge is -2.15. The van der Waals surface area contributed by atoms with Gasteiger partial charge in [0.25, 0.3) is 0 Å². The molecule has 0 saturated carbocycles. The van der Waals surface area contributed by atoms with Gasteiger partial charge < -0.3 is 11.1 Å². The third kappa shape index (κ3) is 3.71. The Balaban J connectivity index is 1.76. The lowest BCUT2D eigenvalue weighted by Crippen LogP contribution is -2.34. The zero-order valence-corrected chi connectivity index (χ0v) is 9.80. The Labute approximate surface area is 101 Å². The minimum atomic E-state index is -0.437. The number of carbonyl (C=O) groups excluding carboxylic acids is 1. The van der Waals surface area contributed by atoms with Crippen LogP contribution in [0.3, 0.4) is 0 Å². The van der Waals surface area contributed by atoms with Crippen LogP contribution < -0.4 is 11.1 Å². The van der Waals surface area contributed by atoms with Crippen molar-refractivity contribution in [2.45, 2.75) is 13.0 Å². The van der Waals surface area contributed by atoms with Gasteiger partial charge in [0.2, 0.25) is 0 Å². The molecule has 1 saturated heterocycles. The first-order chi connectivity index (χ1) is 8.24. The third-order valence-corrected chi connectivity index (χ3v) is 3.05. The lowest BCUT2D eigenvalue weighted by molar-refractivity contribution is 0.246. The number of urea groups is 1. The molecule has 5 nitrogen and oxygen atoms in total. The highest BCUT2D eigenvalue weighted by atomic mass is 16.2. The average molecular weight is 234 g/mol. The summed E-state index contributed by atoms with van der Waals surface area (Å²) in [6, 6.07) is 5.53. The van der Waals surface area contributed by atoms with Gasteiger partial charge in [-0.25, -0.2) is 4.79 Å². The molecule has 5 heteroatoms. The van der Waals surface area contributed by atoms with Crippen LogP contribution in [0.15, 0.2) is 24.4 Å². The summed E-state index contributed by atoms with van der Waals surface area (Å²) >= 11 is 0. The number of primary amides is 1. The highest BCUT2D eigenvalue weighted by molar-refractivity contribution is 5.71. The van der Waals surface area contributed by atoms with Crippen molar-refractivity contribution in [1.82, 2.24) is 15.2 Å². The van der Waals surface area contributed by atoms with Crippen molar-refractivity contribution in [3.8, 4) is 0 Å². The summed E-state index contributed by atoms with van der Waals surface area (Å²) in [5.41, 5.74) is 6.15. The molecule has 3 N–H and O–H groups in total. The summed E-state index contributed by atoms with van der Waals surface area (Å²) < 4.78 is 0. The quantitative estimate of drug-likeness (QED) is 0.800. The number of aromatic nitrogens is 1. The highest BCUT2D eigenvalue weighted by Gasteiger charge is 2.22. The SMILES string of the molecule is NC(=O)NCC1CCN(Cc2ccccn2)C1. The summed E-state index contributed by atoms with van der Waals surface area (Å²) in [5, 5.41) is 2.67. The zero-order chi connectivity index (χ0) is 12.1. The van der Waals surface area contributed by atoms with Gasteiger partial charge in [0.15, 0.2) is 0 Å². The second-order valence-electron chi connectivity index (χ2n) is 4.46. The first-order valence-electron chi connectivity index (χ1n) is 5.89. The van der Waals surface area contributed by atoms with Gasteiger partial charge in [-0.3, -0.25) is 9.88 Å². The third-order valence-electron chi connectivity index (χ3n) is 3.05. The van der Waals surface area contributed by atoms with E-state index in [9.17, 15) is 4.79 Å². The van der Waals surface area contributed by atoms with Gasteiger partial charge in [0.1, 0.15) is 0 Å². The predicted molar refractivity (Wildman–Crippen MR) is 65.2 cm³/mol. The minimum Gasteiger partial charge on any atom is -0.352 e. The Morgan fingerprint density at radius 3 is 3.18 bits per heavy atom. The van der Waals surface area contributed by atoms with Gasteiger partial charge in [0.05, 0.1) is 5.69 Å².